The van der Waals surface area contributed by atoms with Crippen LogP contribution in [-0.2, 0) is 0 Å². The van der Waals surface area contributed by atoms with Crippen LogP contribution in [0.5, 0.6) is 0 Å². The topological polar surface area (TPSA) is 95.2 Å². The Morgan fingerprint density at radius 3 is 2.91 bits per heavy atom. The molecule has 32 heavy (non-hydrogen) atoms. The second-order valence-electron chi connectivity index (χ2n) is 10.9. The molecule has 6 rings (SSSR count). The molecule has 0 spiro atoms. The Kier molecular flexibility index (Phi) is 4.31. The number of allylic oxidation sites excluding steroid dienone is 3. The predicted molar refractivity (Wildman–Crippen MR) is 128 cm³/mol. The van der Waals surface area contributed by atoms with Crippen LogP contribution in [0.1, 0.15) is 64.4 Å². The molecule has 1 aromatic heterocycles. The Bertz CT molecular complexity index is 1200. The lowest BCUT2D eigenvalue weighted by Crippen LogP contribution is -2.49. The minimum Gasteiger partial charge on any atom is -0.393 e. The van der Waals surface area contributed by atoms with Gasteiger partial charge in [0.2, 0.25) is 0 Å². The SMILES string of the molecule is CC1=C2C=C3CC(O)CCC3CC[C@]2(O)C2CC=C(c3ccc4c(N)n[nH]c4c3)C2(C)C1. The summed E-state index contributed by atoms with van der Waals surface area (Å²) in [5.74, 6) is 1.19. The number of nitrogen functional groups attached to an aromatic ring is 1. The van der Waals surface area contributed by atoms with Crippen LogP contribution in [0.4, 0.5) is 5.82 Å². The van der Waals surface area contributed by atoms with Crippen molar-refractivity contribution < 1.29 is 10.2 Å². The van der Waals surface area contributed by atoms with Gasteiger partial charge in [0.25, 0.3) is 0 Å². The molecule has 4 aliphatic carbocycles. The second-order valence-corrected chi connectivity index (χ2v) is 10.9. The fourth-order valence-electron chi connectivity index (χ4n) is 7.48. The molecule has 4 aliphatic rings. The van der Waals surface area contributed by atoms with E-state index in [1.807, 2.05) is 0 Å². The number of hydrogen-bond acceptors (Lipinski definition) is 4. The van der Waals surface area contributed by atoms with Gasteiger partial charge in [-0.05, 0) is 86.6 Å². The molecule has 168 valence electrons. The van der Waals surface area contributed by atoms with Crippen molar-refractivity contribution in [1.82, 2.24) is 10.2 Å². The first-order valence-electron chi connectivity index (χ1n) is 12.1. The van der Waals surface area contributed by atoms with E-state index in [-0.39, 0.29) is 17.4 Å². The lowest BCUT2D eigenvalue weighted by atomic mass is 9.56. The van der Waals surface area contributed by atoms with E-state index in [0.717, 1.165) is 61.4 Å². The fourth-order valence-corrected chi connectivity index (χ4v) is 7.48. The predicted octanol–water partition coefficient (Wildman–Crippen LogP) is 4.89. The number of nitrogens with zero attached hydrogens (tertiary/aromatic N) is 1. The van der Waals surface area contributed by atoms with Gasteiger partial charge >= 0.3 is 0 Å². The first-order chi connectivity index (χ1) is 15.3. The third-order valence-electron chi connectivity index (χ3n) is 9.03. The van der Waals surface area contributed by atoms with Crippen molar-refractivity contribution in [1.29, 1.82) is 0 Å². The number of benzene rings is 1. The maximum atomic E-state index is 12.3. The van der Waals surface area contributed by atoms with Gasteiger partial charge in [-0.15, -0.1) is 0 Å². The molecule has 5 N–H and O–H groups in total. The van der Waals surface area contributed by atoms with Gasteiger partial charge in [-0.3, -0.25) is 5.10 Å². The van der Waals surface area contributed by atoms with E-state index in [9.17, 15) is 10.2 Å². The molecule has 1 fully saturated rings. The number of nitrogens with one attached hydrogen (secondary N) is 1. The molecule has 1 aromatic carbocycles. The molecular weight excluding hydrogens is 398 g/mol. The molecule has 0 radical (unpaired) electrons. The van der Waals surface area contributed by atoms with Crippen LogP contribution in [-0.4, -0.2) is 32.1 Å². The normalized spacial score (nSPS) is 36.8. The van der Waals surface area contributed by atoms with Crippen LogP contribution in [0, 0.1) is 17.3 Å². The minimum absolute atomic E-state index is 0.116. The van der Waals surface area contributed by atoms with Gasteiger partial charge in [0.1, 0.15) is 0 Å². The van der Waals surface area contributed by atoms with Crippen molar-refractivity contribution in [2.75, 3.05) is 5.73 Å². The van der Waals surface area contributed by atoms with Crippen molar-refractivity contribution in [2.24, 2.45) is 17.3 Å². The Morgan fingerprint density at radius 1 is 1.22 bits per heavy atom. The largest absolute Gasteiger partial charge is 0.393 e. The van der Waals surface area contributed by atoms with E-state index in [1.54, 1.807) is 0 Å². The summed E-state index contributed by atoms with van der Waals surface area (Å²) in [7, 11) is 0. The summed E-state index contributed by atoms with van der Waals surface area (Å²) in [5, 5.41) is 30.7. The summed E-state index contributed by atoms with van der Waals surface area (Å²) in [6, 6.07) is 6.36. The summed E-state index contributed by atoms with van der Waals surface area (Å²) in [4.78, 5) is 0. The number of aliphatic hydroxyl groups excluding tert-OH is 1. The Balaban J connectivity index is 1.42. The zero-order valence-corrected chi connectivity index (χ0v) is 19.0. The van der Waals surface area contributed by atoms with Gasteiger partial charge in [-0.25, -0.2) is 0 Å². The number of nitrogens with two attached hydrogens (primary N) is 1. The molecule has 0 aliphatic heterocycles. The molecule has 1 saturated carbocycles. The molecular formula is C27H33N3O2. The fraction of sp³-hybridized carbons (Fsp3) is 0.519. The minimum atomic E-state index is -0.812. The highest BCUT2D eigenvalue weighted by Crippen LogP contribution is 2.63. The molecule has 0 bridgehead atoms. The summed E-state index contributed by atoms with van der Waals surface area (Å²) in [6.45, 7) is 4.54. The van der Waals surface area contributed by atoms with Gasteiger partial charge in [-0.2, -0.15) is 5.10 Å². The van der Waals surface area contributed by atoms with Crippen molar-refractivity contribution in [3.05, 3.63) is 52.6 Å². The van der Waals surface area contributed by atoms with Crippen molar-refractivity contribution >= 4 is 22.3 Å². The summed E-state index contributed by atoms with van der Waals surface area (Å²) >= 11 is 0. The van der Waals surface area contributed by atoms with E-state index >= 15 is 0 Å². The van der Waals surface area contributed by atoms with E-state index in [4.69, 9.17) is 5.73 Å². The first-order valence-corrected chi connectivity index (χ1v) is 12.1. The monoisotopic (exact) mass is 431 g/mol. The summed E-state index contributed by atoms with van der Waals surface area (Å²) in [6.07, 6.45) is 10.7. The highest BCUT2D eigenvalue weighted by molar-refractivity contribution is 5.91. The average molecular weight is 432 g/mol. The summed E-state index contributed by atoms with van der Waals surface area (Å²) in [5.41, 5.74) is 12.3. The number of aliphatic hydroxyl groups is 2. The molecule has 5 atom stereocenters. The maximum Gasteiger partial charge on any atom is 0.153 e. The lowest BCUT2D eigenvalue weighted by Gasteiger charge is -2.50. The molecule has 0 saturated heterocycles. The Morgan fingerprint density at radius 2 is 2.06 bits per heavy atom. The lowest BCUT2D eigenvalue weighted by molar-refractivity contribution is -0.0354. The molecule has 0 amide bonds. The zero-order valence-electron chi connectivity index (χ0n) is 19.0. The van der Waals surface area contributed by atoms with E-state index in [0.29, 0.717) is 11.7 Å². The van der Waals surface area contributed by atoms with E-state index < -0.39 is 5.60 Å². The zero-order chi connectivity index (χ0) is 22.3. The third-order valence-corrected chi connectivity index (χ3v) is 9.03. The van der Waals surface area contributed by atoms with Gasteiger partial charge in [0, 0.05) is 16.7 Å². The number of fused-ring (bicyclic) bond motifs is 5. The number of rotatable bonds is 1. The van der Waals surface area contributed by atoms with Gasteiger partial charge in [-0.1, -0.05) is 36.3 Å². The molecule has 4 unspecified atom stereocenters. The maximum absolute atomic E-state index is 12.3. The Labute approximate surface area is 189 Å². The van der Waals surface area contributed by atoms with E-state index in [2.05, 4.69) is 54.4 Å². The quantitative estimate of drug-likeness (QED) is 0.517. The van der Waals surface area contributed by atoms with Crippen LogP contribution in [0.25, 0.3) is 16.5 Å². The first kappa shape index (κ1) is 20.3. The van der Waals surface area contributed by atoms with Crippen LogP contribution in [0.3, 0.4) is 0 Å². The van der Waals surface area contributed by atoms with Gasteiger partial charge < -0.3 is 15.9 Å². The highest BCUT2D eigenvalue weighted by Gasteiger charge is 2.57. The number of H-pyrrole nitrogens is 1. The molecule has 2 aromatic rings. The molecule has 5 nitrogen and oxygen atoms in total. The standard InChI is InChI=1S/C27H33N3O2/c1-15-14-26(2)21(17-4-6-20-23(13-17)29-30-25(20)28)7-8-24(26)27(32)10-9-16-3-5-19(31)11-18(16)12-22(15)27/h4,6-7,12-13,16,19,24,31-32H,3,5,8-11,14H2,1-2H3,(H3,28,29,30)/t16?,19?,24?,26?,27-/m1/s1. The van der Waals surface area contributed by atoms with Crippen LogP contribution >= 0.6 is 0 Å². The number of aromatic nitrogens is 2. The van der Waals surface area contributed by atoms with Gasteiger partial charge in [0.05, 0.1) is 17.2 Å². The number of anilines is 1. The number of aromatic amines is 1. The second kappa shape index (κ2) is 6.82. The molecule has 1 heterocycles. The smallest absolute Gasteiger partial charge is 0.153 e. The Hall–Kier alpha value is -2.37. The van der Waals surface area contributed by atoms with E-state index in [1.165, 1.54) is 22.3 Å². The highest BCUT2D eigenvalue weighted by atomic mass is 16.3. The number of hydrogen-bond donors (Lipinski definition) is 4. The van der Waals surface area contributed by atoms with Crippen LogP contribution in [0.2, 0.25) is 0 Å². The van der Waals surface area contributed by atoms with Crippen molar-refractivity contribution in [2.45, 2.75) is 70.5 Å². The van der Waals surface area contributed by atoms with Crippen LogP contribution < -0.4 is 5.73 Å². The van der Waals surface area contributed by atoms with Crippen molar-refractivity contribution in [3.63, 3.8) is 0 Å². The summed E-state index contributed by atoms with van der Waals surface area (Å²) < 4.78 is 0. The third kappa shape index (κ3) is 2.74. The van der Waals surface area contributed by atoms with Crippen LogP contribution in [0.15, 0.2) is 47.1 Å². The van der Waals surface area contributed by atoms with Gasteiger partial charge in [0.15, 0.2) is 5.82 Å². The average Bonchev–Trinajstić information content (AvgIpc) is 3.25. The van der Waals surface area contributed by atoms with Crippen molar-refractivity contribution in [3.8, 4) is 0 Å². The molecule has 5 heteroatoms.